The van der Waals surface area contributed by atoms with Crippen LogP contribution in [0.15, 0.2) is 24.3 Å². The Labute approximate surface area is 111 Å². The maximum Gasteiger partial charge on any atom is 0.306 e. The number of esters is 1. The zero-order valence-electron chi connectivity index (χ0n) is 11.3. The summed E-state index contributed by atoms with van der Waals surface area (Å²) in [7, 11) is 1.29. The molecule has 5 heteroatoms. The Balaban J connectivity index is 3.10. The van der Waals surface area contributed by atoms with Crippen molar-refractivity contribution < 1.29 is 18.3 Å². The van der Waals surface area contributed by atoms with Crippen LogP contribution in [0.5, 0.6) is 0 Å². The van der Waals surface area contributed by atoms with Gasteiger partial charge < -0.3 is 10.5 Å². The first-order valence-electron chi connectivity index (χ1n) is 5.99. The van der Waals surface area contributed by atoms with Crippen molar-refractivity contribution in [1.29, 1.82) is 0 Å². The number of rotatable bonds is 5. The summed E-state index contributed by atoms with van der Waals surface area (Å²) < 4.78 is 30.1. The molecule has 106 valence electrons. The van der Waals surface area contributed by atoms with Gasteiger partial charge >= 0.3 is 5.97 Å². The molecule has 0 aliphatic heterocycles. The fourth-order valence-corrected chi connectivity index (χ4v) is 1.97. The van der Waals surface area contributed by atoms with Gasteiger partial charge in [-0.1, -0.05) is 18.2 Å². The van der Waals surface area contributed by atoms with Gasteiger partial charge in [0.2, 0.25) is 0 Å². The summed E-state index contributed by atoms with van der Waals surface area (Å²) in [5.74, 6) is -0.787. The zero-order chi connectivity index (χ0) is 14.6. The van der Waals surface area contributed by atoms with Gasteiger partial charge in [-0.3, -0.25) is 4.79 Å². The largest absolute Gasteiger partial charge is 0.469 e. The van der Waals surface area contributed by atoms with Gasteiger partial charge in [-0.2, -0.15) is 0 Å². The fourth-order valence-electron chi connectivity index (χ4n) is 1.97. The van der Waals surface area contributed by atoms with E-state index in [9.17, 15) is 13.6 Å². The molecule has 0 aromatic heterocycles. The van der Waals surface area contributed by atoms with E-state index in [0.29, 0.717) is 5.56 Å². The summed E-state index contributed by atoms with van der Waals surface area (Å²) in [5.41, 5.74) is 5.88. The lowest BCUT2D eigenvalue weighted by Crippen LogP contribution is -2.40. The minimum absolute atomic E-state index is 0.0622. The molecule has 0 amide bonds. The predicted molar refractivity (Wildman–Crippen MR) is 69.0 cm³/mol. The second-order valence-corrected chi connectivity index (χ2v) is 5.13. The van der Waals surface area contributed by atoms with Crippen LogP contribution in [0.25, 0.3) is 0 Å². The number of benzene rings is 1. The quantitative estimate of drug-likeness (QED) is 0.837. The Morgan fingerprint density at radius 1 is 1.37 bits per heavy atom. The second-order valence-electron chi connectivity index (χ2n) is 5.13. The van der Waals surface area contributed by atoms with E-state index in [4.69, 9.17) is 5.73 Å². The summed E-state index contributed by atoms with van der Waals surface area (Å²) >= 11 is 0. The molecule has 1 aromatic carbocycles. The summed E-state index contributed by atoms with van der Waals surface area (Å²) in [6, 6.07) is 6.00. The normalized spacial score (nSPS) is 13.4. The third kappa shape index (κ3) is 4.28. The number of nitrogens with two attached hydrogens (primary N) is 1. The molecule has 0 radical (unpaired) electrons. The van der Waals surface area contributed by atoms with Crippen molar-refractivity contribution >= 4 is 5.97 Å². The van der Waals surface area contributed by atoms with Crippen molar-refractivity contribution in [3.8, 4) is 0 Å². The van der Waals surface area contributed by atoms with Crippen molar-refractivity contribution in [2.45, 2.75) is 38.2 Å². The highest BCUT2D eigenvalue weighted by Gasteiger charge is 2.30. The van der Waals surface area contributed by atoms with Gasteiger partial charge in [-0.05, 0) is 25.5 Å². The molecule has 1 rings (SSSR count). The van der Waals surface area contributed by atoms with Crippen LogP contribution < -0.4 is 5.73 Å². The number of carbonyl (C=O) groups excluding carboxylic acids is 1. The molecular weight excluding hydrogens is 252 g/mol. The van der Waals surface area contributed by atoms with Gasteiger partial charge in [0.15, 0.2) is 0 Å². The highest BCUT2D eigenvalue weighted by Crippen LogP contribution is 2.32. The molecule has 1 unspecified atom stereocenters. The molecule has 1 aromatic rings. The van der Waals surface area contributed by atoms with Crippen LogP contribution in [-0.2, 0) is 9.53 Å². The summed E-state index contributed by atoms with van der Waals surface area (Å²) in [6.45, 7) is 3.52. The molecule has 0 aliphatic carbocycles. The SMILES string of the molecule is COC(=O)CC(c1cccc(C(F)F)c1)C(C)(C)N. The molecule has 0 saturated heterocycles. The number of halogens is 2. The van der Waals surface area contributed by atoms with Crippen molar-refractivity contribution in [3.05, 3.63) is 35.4 Å². The minimum Gasteiger partial charge on any atom is -0.469 e. The summed E-state index contributed by atoms with van der Waals surface area (Å²) in [4.78, 5) is 11.4. The fraction of sp³-hybridized carbons (Fsp3) is 0.500. The van der Waals surface area contributed by atoms with Crippen LogP contribution in [0.1, 0.15) is 43.7 Å². The van der Waals surface area contributed by atoms with Gasteiger partial charge in [0.05, 0.1) is 13.5 Å². The average Bonchev–Trinajstić information content (AvgIpc) is 2.34. The average molecular weight is 271 g/mol. The van der Waals surface area contributed by atoms with Crippen LogP contribution in [0.3, 0.4) is 0 Å². The summed E-state index contributed by atoms with van der Waals surface area (Å²) in [6.07, 6.45) is -2.48. The van der Waals surface area contributed by atoms with Gasteiger partial charge in [-0.25, -0.2) is 8.78 Å². The standard InChI is InChI=1S/C14H19F2NO2/c1-14(2,17)11(8-12(18)19-3)9-5-4-6-10(7-9)13(15)16/h4-7,11,13H,8,17H2,1-3H3. The highest BCUT2D eigenvalue weighted by atomic mass is 19.3. The Morgan fingerprint density at radius 2 is 1.95 bits per heavy atom. The number of alkyl halides is 2. The monoisotopic (exact) mass is 271 g/mol. The smallest absolute Gasteiger partial charge is 0.306 e. The van der Waals surface area contributed by atoms with E-state index in [1.165, 1.54) is 19.2 Å². The molecule has 2 N–H and O–H groups in total. The Kier molecular flexibility index (Phi) is 5.00. The van der Waals surface area contributed by atoms with Crippen molar-refractivity contribution in [1.82, 2.24) is 0 Å². The summed E-state index contributed by atoms with van der Waals surface area (Å²) in [5, 5.41) is 0. The van der Waals surface area contributed by atoms with Gasteiger partial charge in [0, 0.05) is 17.0 Å². The van der Waals surface area contributed by atoms with Crippen molar-refractivity contribution in [2.75, 3.05) is 7.11 Å². The number of ether oxygens (including phenoxy) is 1. The van der Waals surface area contributed by atoms with E-state index >= 15 is 0 Å². The Morgan fingerprint density at radius 3 is 2.42 bits per heavy atom. The highest BCUT2D eigenvalue weighted by molar-refractivity contribution is 5.70. The predicted octanol–water partition coefficient (Wildman–Crippen LogP) is 3.01. The van der Waals surface area contributed by atoms with E-state index in [1.54, 1.807) is 26.0 Å². The number of methoxy groups -OCH3 is 1. The second kappa shape index (κ2) is 6.10. The maximum atomic E-state index is 12.7. The third-order valence-corrected chi connectivity index (χ3v) is 3.06. The van der Waals surface area contributed by atoms with E-state index in [0.717, 1.165) is 0 Å². The number of hydrogen-bond acceptors (Lipinski definition) is 3. The first kappa shape index (κ1) is 15.6. The molecule has 0 aliphatic rings. The van der Waals surface area contributed by atoms with E-state index in [-0.39, 0.29) is 17.9 Å². The van der Waals surface area contributed by atoms with Gasteiger partial charge in [0.1, 0.15) is 0 Å². The van der Waals surface area contributed by atoms with Crippen LogP contribution in [-0.4, -0.2) is 18.6 Å². The van der Waals surface area contributed by atoms with E-state index < -0.39 is 17.9 Å². The molecule has 0 fully saturated rings. The molecule has 0 spiro atoms. The van der Waals surface area contributed by atoms with Crippen LogP contribution in [0, 0.1) is 0 Å². The van der Waals surface area contributed by atoms with Crippen LogP contribution >= 0.6 is 0 Å². The molecule has 1 atom stereocenters. The van der Waals surface area contributed by atoms with E-state index in [2.05, 4.69) is 4.74 Å². The number of carbonyl (C=O) groups is 1. The van der Waals surface area contributed by atoms with Crippen molar-refractivity contribution in [2.24, 2.45) is 5.73 Å². The Hall–Kier alpha value is -1.49. The topological polar surface area (TPSA) is 52.3 Å². The zero-order valence-corrected chi connectivity index (χ0v) is 11.3. The van der Waals surface area contributed by atoms with Gasteiger partial charge in [0.25, 0.3) is 6.43 Å². The molecule has 19 heavy (non-hydrogen) atoms. The van der Waals surface area contributed by atoms with E-state index in [1.807, 2.05) is 0 Å². The van der Waals surface area contributed by atoms with Crippen molar-refractivity contribution in [3.63, 3.8) is 0 Å². The number of hydrogen-bond donors (Lipinski definition) is 1. The van der Waals surface area contributed by atoms with Crippen LogP contribution in [0.4, 0.5) is 8.78 Å². The lowest BCUT2D eigenvalue weighted by molar-refractivity contribution is -0.141. The third-order valence-electron chi connectivity index (χ3n) is 3.06. The lowest BCUT2D eigenvalue weighted by Gasteiger charge is -2.30. The van der Waals surface area contributed by atoms with Gasteiger partial charge in [-0.15, -0.1) is 0 Å². The first-order chi connectivity index (χ1) is 8.75. The molecule has 0 heterocycles. The minimum atomic E-state index is -2.54. The maximum absolute atomic E-state index is 12.7. The lowest BCUT2D eigenvalue weighted by atomic mass is 9.80. The molecule has 0 saturated carbocycles. The molecule has 3 nitrogen and oxygen atoms in total. The molecule has 0 bridgehead atoms. The Bertz CT molecular complexity index is 441. The first-order valence-corrected chi connectivity index (χ1v) is 5.99. The molecular formula is C14H19F2NO2. The van der Waals surface area contributed by atoms with Crippen LogP contribution in [0.2, 0.25) is 0 Å².